The molecule has 0 saturated heterocycles. The maximum absolute atomic E-state index is 14.0. The van der Waals surface area contributed by atoms with Crippen LogP contribution < -0.4 is 5.32 Å². The van der Waals surface area contributed by atoms with Crippen molar-refractivity contribution in [1.82, 2.24) is 10.3 Å². The van der Waals surface area contributed by atoms with E-state index in [0.717, 1.165) is 22.1 Å². The van der Waals surface area contributed by atoms with Gasteiger partial charge in [0, 0.05) is 23.7 Å². The molecule has 2 nitrogen and oxygen atoms in total. The van der Waals surface area contributed by atoms with E-state index in [4.69, 9.17) is 0 Å². The van der Waals surface area contributed by atoms with Gasteiger partial charge in [-0.05, 0) is 31.4 Å². The Labute approximate surface area is 120 Å². The minimum atomic E-state index is -0.159. The molecular formula is C14H15FN2S2. The second kappa shape index (κ2) is 5.61. The van der Waals surface area contributed by atoms with Gasteiger partial charge in [0.15, 0.2) is 4.34 Å². The van der Waals surface area contributed by atoms with Crippen molar-refractivity contribution in [3.05, 3.63) is 40.7 Å². The van der Waals surface area contributed by atoms with Gasteiger partial charge in [0.25, 0.3) is 0 Å². The summed E-state index contributed by atoms with van der Waals surface area (Å²) in [6, 6.07) is 5.91. The smallest absolute Gasteiger partial charge is 0.155 e. The van der Waals surface area contributed by atoms with Gasteiger partial charge in [0.1, 0.15) is 5.82 Å². The highest BCUT2D eigenvalue weighted by molar-refractivity contribution is 8.01. The summed E-state index contributed by atoms with van der Waals surface area (Å²) in [5, 5.41) is 5.43. The largest absolute Gasteiger partial charge is 0.310 e. The van der Waals surface area contributed by atoms with Crippen LogP contribution >= 0.6 is 23.1 Å². The van der Waals surface area contributed by atoms with Crippen molar-refractivity contribution in [2.24, 2.45) is 0 Å². The van der Waals surface area contributed by atoms with Gasteiger partial charge in [-0.2, -0.15) is 0 Å². The Hall–Kier alpha value is -0.910. The lowest BCUT2D eigenvalue weighted by Gasteiger charge is -2.09. The summed E-state index contributed by atoms with van der Waals surface area (Å²) in [6.45, 7) is 2.69. The zero-order chi connectivity index (χ0) is 13.2. The van der Waals surface area contributed by atoms with Gasteiger partial charge in [0.05, 0.1) is 4.90 Å². The lowest BCUT2D eigenvalue weighted by molar-refractivity contribution is 0.589. The molecule has 0 bridgehead atoms. The fourth-order valence-corrected chi connectivity index (χ4v) is 3.72. The van der Waals surface area contributed by atoms with Crippen LogP contribution in [0.3, 0.4) is 0 Å². The van der Waals surface area contributed by atoms with Crippen molar-refractivity contribution in [2.45, 2.75) is 41.6 Å². The highest BCUT2D eigenvalue weighted by Gasteiger charge is 2.21. The number of aryl methyl sites for hydroxylation is 1. The molecule has 2 aromatic rings. The topological polar surface area (TPSA) is 24.9 Å². The van der Waals surface area contributed by atoms with Crippen LogP contribution in [0.1, 0.15) is 24.1 Å². The van der Waals surface area contributed by atoms with E-state index in [1.807, 2.05) is 18.4 Å². The Bertz CT molecular complexity index is 579. The van der Waals surface area contributed by atoms with Crippen LogP contribution in [0.2, 0.25) is 0 Å². The van der Waals surface area contributed by atoms with E-state index in [1.54, 1.807) is 17.4 Å². The number of nitrogens with one attached hydrogen (secondary N) is 1. The van der Waals surface area contributed by atoms with Crippen LogP contribution in [-0.4, -0.2) is 11.0 Å². The maximum atomic E-state index is 14.0. The molecule has 0 amide bonds. The molecule has 0 radical (unpaired) electrons. The van der Waals surface area contributed by atoms with E-state index in [2.05, 4.69) is 10.3 Å². The molecule has 1 aromatic carbocycles. The quantitative estimate of drug-likeness (QED) is 0.902. The van der Waals surface area contributed by atoms with Crippen molar-refractivity contribution in [2.75, 3.05) is 0 Å². The number of hydrogen-bond acceptors (Lipinski definition) is 4. The van der Waals surface area contributed by atoms with Gasteiger partial charge in [-0.15, -0.1) is 11.3 Å². The van der Waals surface area contributed by atoms with Gasteiger partial charge >= 0.3 is 0 Å². The van der Waals surface area contributed by atoms with Crippen molar-refractivity contribution in [1.29, 1.82) is 0 Å². The molecule has 5 heteroatoms. The summed E-state index contributed by atoms with van der Waals surface area (Å²) in [5.41, 5.74) is 2.01. The predicted octanol–water partition coefficient (Wildman–Crippen LogP) is 3.99. The number of benzene rings is 1. The van der Waals surface area contributed by atoms with Crippen LogP contribution in [0, 0.1) is 12.7 Å². The molecule has 1 aliphatic carbocycles. The van der Waals surface area contributed by atoms with Crippen LogP contribution in [-0.2, 0) is 6.54 Å². The molecule has 0 spiro atoms. The number of halogens is 1. The second-order valence-corrected chi connectivity index (χ2v) is 6.86. The molecule has 1 saturated carbocycles. The van der Waals surface area contributed by atoms with Gasteiger partial charge < -0.3 is 5.32 Å². The number of nitrogens with zero attached hydrogens (tertiary/aromatic N) is 1. The van der Waals surface area contributed by atoms with Crippen molar-refractivity contribution < 1.29 is 4.39 Å². The monoisotopic (exact) mass is 294 g/mol. The molecule has 1 heterocycles. The third-order valence-corrected chi connectivity index (χ3v) is 5.21. The van der Waals surface area contributed by atoms with Crippen LogP contribution in [0.4, 0.5) is 4.39 Å². The van der Waals surface area contributed by atoms with E-state index < -0.39 is 0 Å². The average Bonchev–Trinajstić information content (AvgIpc) is 3.13. The zero-order valence-electron chi connectivity index (χ0n) is 10.6. The summed E-state index contributed by atoms with van der Waals surface area (Å²) in [6.07, 6.45) is 2.48. The standard InChI is InChI=1S/C14H15FN2S2/c1-9-8-18-14(17-9)19-13-10(3-2-4-12(13)15)7-16-11-5-6-11/h2-4,8,11,16H,5-7H2,1H3. The van der Waals surface area contributed by atoms with Gasteiger partial charge in [-0.3, -0.25) is 0 Å². The molecular weight excluding hydrogens is 279 g/mol. The van der Waals surface area contributed by atoms with Crippen LogP contribution in [0.5, 0.6) is 0 Å². The second-order valence-electron chi connectivity index (χ2n) is 4.74. The minimum absolute atomic E-state index is 0.159. The highest BCUT2D eigenvalue weighted by Crippen LogP contribution is 2.34. The van der Waals surface area contributed by atoms with Crippen molar-refractivity contribution >= 4 is 23.1 Å². The summed E-state index contributed by atoms with van der Waals surface area (Å²) >= 11 is 2.99. The van der Waals surface area contributed by atoms with E-state index in [9.17, 15) is 4.39 Å². The molecule has 1 aliphatic rings. The van der Waals surface area contributed by atoms with Crippen molar-refractivity contribution in [3.63, 3.8) is 0 Å². The zero-order valence-corrected chi connectivity index (χ0v) is 12.3. The SMILES string of the molecule is Cc1csc(Sc2c(F)cccc2CNC2CC2)n1. The first kappa shape index (κ1) is 13.1. The Morgan fingerprint density at radius 2 is 2.32 bits per heavy atom. The van der Waals surface area contributed by atoms with Gasteiger partial charge in [-0.1, -0.05) is 23.9 Å². The molecule has 1 N–H and O–H groups in total. The highest BCUT2D eigenvalue weighted by atomic mass is 32.2. The van der Waals surface area contributed by atoms with Crippen molar-refractivity contribution in [3.8, 4) is 0 Å². The van der Waals surface area contributed by atoms with Crippen LogP contribution in [0.15, 0.2) is 32.8 Å². The number of hydrogen-bond donors (Lipinski definition) is 1. The third-order valence-electron chi connectivity index (χ3n) is 2.99. The number of rotatable bonds is 5. The average molecular weight is 294 g/mol. The molecule has 0 atom stereocenters. The molecule has 19 heavy (non-hydrogen) atoms. The molecule has 3 rings (SSSR count). The Morgan fingerprint density at radius 3 is 3.00 bits per heavy atom. The summed E-state index contributed by atoms with van der Waals surface area (Å²) < 4.78 is 14.9. The maximum Gasteiger partial charge on any atom is 0.155 e. The van der Waals surface area contributed by atoms with E-state index >= 15 is 0 Å². The Kier molecular flexibility index (Phi) is 3.86. The normalized spacial score (nSPS) is 14.8. The summed E-state index contributed by atoms with van der Waals surface area (Å²) in [5.74, 6) is -0.159. The third kappa shape index (κ3) is 3.35. The first-order valence-electron chi connectivity index (χ1n) is 6.33. The lowest BCUT2D eigenvalue weighted by atomic mass is 10.2. The summed E-state index contributed by atoms with van der Waals surface area (Å²) in [4.78, 5) is 5.09. The predicted molar refractivity (Wildman–Crippen MR) is 77.2 cm³/mol. The minimum Gasteiger partial charge on any atom is -0.310 e. The van der Waals surface area contributed by atoms with E-state index in [1.165, 1.54) is 30.7 Å². The Balaban J connectivity index is 1.80. The fraction of sp³-hybridized carbons (Fsp3) is 0.357. The molecule has 0 unspecified atom stereocenters. The first-order valence-corrected chi connectivity index (χ1v) is 8.03. The number of aromatic nitrogens is 1. The van der Waals surface area contributed by atoms with E-state index in [-0.39, 0.29) is 5.82 Å². The summed E-state index contributed by atoms with van der Waals surface area (Å²) in [7, 11) is 0. The number of thiazole rings is 1. The molecule has 100 valence electrons. The molecule has 1 aromatic heterocycles. The molecule has 0 aliphatic heterocycles. The molecule has 1 fully saturated rings. The van der Waals surface area contributed by atoms with Crippen LogP contribution in [0.25, 0.3) is 0 Å². The lowest BCUT2D eigenvalue weighted by Crippen LogP contribution is -2.16. The fourth-order valence-electron chi connectivity index (χ4n) is 1.82. The van der Waals surface area contributed by atoms with Gasteiger partial charge in [0.2, 0.25) is 0 Å². The van der Waals surface area contributed by atoms with E-state index in [0.29, 0.717) is 10.9 Å². The first-order chi connectivity index (χ1) is 9.22. The Morgan fingerprint density at radius 1 is 1.47 bits per heavy atom. The van der Waals surface area contributed by atoms with Gasteiger partial charge in [-0.25, -0.2) is 9.37 Å².